The second kappa shape index (κ2) is 10.1. The number of rotatable bonds is 10. The van der Waals surface area contributed by atoms with Gasteiger partial charge in [-0.3, -0.25) is 4.98 Å². The number of pyridine rings is 1. The summed E-state index contributed by atoms with van der Waals surface area (Å²) in [5.41, 5.74) is 0.927. The maximum atomic E-state index is 13.0. The first-order valence-electron chi connectivity index (χ1n) is 7.62. The van der Waals surface area contributed by atoms with Gasteiger partial charge in [0.05, 0.1) is 17.9 Å². The van der Waals surface area contributed by atoms with Crippen molar-refractivity contribution in [3.63, 3.8) is 0 Å². The molecular weight excluding hydrogens is 285 g/mol. The summed E-state index contributed by atoms with van der Waals surface area (Å²) in [4.78, 5) is 6.61. The van der Waals surface area contributed by atoms with E-state index in [0.29, 0.717) is 6.04 Å². The third-order valence-electron chi connectivity index (χ3n) is 3.68. The fourth-order valence-electron chi connectivity index (χ4n) is 2.19. The van der Waals surface area contributed by atoms with E-state index in [4.69, 9.17) is 0 Å². The zero-order chi connectivity index (χ0) is 15.7. The summed E-state index contributed by atoms with van der Waals surface area (Å²) >= 11 is 1.87. The number of hydrogen-bond donors (Lipinski definition) is 1. The summed E-state index contributed by atoms with van der Waals surface area (Å²) < 4.78 is 13.0. The molecule has 0 fully saturated rings. The fraction of sp³-hybridized carbons (Fsp3) is 0.688. The van der Waals surface area contributed by atoms with Gasteiger partial charge in [0, 0.05) is 18.3 Å². The Labute approximate surface area is 132 Å². The van der Waals surface area contributed by atoms with E-state index in [1.54, 1.807) is 6.07 Å². The number of hydrogen-bond acceptors (Lipinski definition) is 4. The molecule has 0 aliphatic carbocycles. The monoisotopic (exact) mass is 313 g/mol. The summed E-state index contributed by atoms with van der Waals surface area (Å²) in [6.45, 7) is 6.35. The van der Waals surface area contributed by atoms with Gasteiger partial charge in [-0.15, -0.1) is 0 Å². The Morgan fingerprint density at radius 3 is 2.76 bits per heavy atom. The lowest BCUT2D eigenvalue weighted by atomic mass is 10.1. The number of halogens is 1. The largest absolute Gasteiger partial charge is 0.309 e. The topological polar surface area (TPSA) is 28.2 Å². The average molecular weight is 313 g/mol. The van der Waals surface area contributed by atoms with Crippen LogP contribution >= 0.6 is 11.8 Å². The van der Waals surface area contributed by atoms with Gasteiger partial charge in [-0.05, 0) is 51.7 Å². The molecule has 1 rings (SSSR count). The molecule has 3 nitrogen and oxygen atoms in total. The molecule has 1 aromatic heterocycles. The van der Waals surface area contributed by atoms with Crippen molar-refractivity contribution in [2.24, 2.45) is 0 Å². The Bertz CT molecular complexity index is 386. The van der Waals surface area contributed by atoms with Crippen LogP contribution < -0.4 is 5.32 Å². The normalized spacial score (nSPS) is 14.4. The Morgan fingerprint density at radius 1 is 1.43 bits per heavy atom. The molecule has 2 unspecified atom stereocenters. The van der Waals surface area contributed by atoms with E-state index in [2.05, 4.69) is 42.4 Å². The molecule has 0 radical (unpaired) electrons. The van der Waals surface area contributed by atoms with Crippen LogP contribution in [0.25, 0.3) is 0 Å². The van der Waals surface area contributed by atoms with Gasteiger partial charge in [0.2, 0.25) is 0 Å². The SMILES string of the molecule is CCCNC(CCN(C)C(C)CSC)c1ccc(F)cn1. The predicted molar refractivity (Wildman–Crippen MR) is 90.3 cm³/mol. The highest BCUT2D eigenvalue weighted by Crippen LogP contribution is 2.16. The first kappa shape index (κ1) is 18.4. The summed E-state index contributed by atoms with van der Waals surface area (Å²) in [6, 6.07) is 4.03. The third-order valence-corrected chi connectivity index (χ3v) is 4.49. The van der Waals surface area contributed by atoms with Crippen molar-refractivity contribution in [3.8, 4) is 0 Å². The van der Waals surface area contributed by atoms with Crippen LogP contribution in [0.1, 0.15) is 38.4 Å². The molecule has 0 spiro atoms. The second-order valence-corrected chi connectivity index (χ2v) is 6.39. The van der Waals surface area contributed by atoms with Crippen molar-refractivity contribution >= 4 is 11.8 Å². The quantitative estimate of drug-likeness (QED) is 0.717. The van der Waals surface area contributed by atoms with E-state index < -0.39 is 0 Å². The Morgan fingerprint density at radius 2 is 2.19 bits per heavy atom. The first-order valence-corrected chi connectivity index (χ1v) is 9.01. The van der Waals surface area contributed by atoms with Crippen LogP contribution in [0.4, 0.5) is 4.39 Å². The Hall–Kier alpha value is -0.650. The highest BCUT2D eigenvalue weighted by molar-refractivity contribution is 7.98. The van der Waals surface area contributed by atoms with Gasteiger partial charge in [0.15, 0.2) is 0 Å². The molecule has 120 valence electrons. The molecule has 0 saturated heterocycles. The van der Waals surface area contributed by atoms with Crippen molar-refractivity contribution in [2.45, 2.75) is 38.8 Å². The number of aromatic nitrogens is 1. The molecule has 0 aliphatic rings. The molecule has 21 heavy (non-hydrogen) atoms. The van der Waals surface area contributed by atoms with Crippen molar-refractivity contribution < 1.29 is 4.39 Å². The zero-order valence-electron chi connectivity index (χ0n) is 13.6. The minimum Gasteiger partial charge on any atom is -0.309 e. The lowest BCUT2D eigenvalue weighted by Crippen LogP contribution is -2.34. The smallest absolute Gasteiger partial charge is 0.141 e. The predicted octanol–water partition coefficient (Wildman–Crippen LogP) is 3.33. The van der Waals surface area contributed by atoms with Gasteiger partial charge in [-0.1, -0.05) is 6.92 Å². The molecule has 5 heteroatoms. The van der Waals surface area contributed by atoms with E-state index in [-0.39, 0.29) is 11.9 Å². The van der Waals surface area contributed by atoms with E-state index in [9.17, 15) is 4.39 Å². The summed E-state index contributed by atoms with van der Waals surface area (Å²) in [5.74, 6) is 0.858. The van der Waals surface area contributed by atoms with Gasteiger partial charge in [0.1, 0.15) is 5.82 Å². The Kier molecular flexibility index (Phi) is 8.88. The van der Waals surface area contributed by atoms with Gasteiger partial charge in [-0.25, -0.2) is 4.39 Å². The van der Waals surface area contributed by atoms with Gasteiger partial charge < -0.3 is 10.2 Å². The maximum absolute atomic E-state index is 13.0. The van der Waals surface area contributed by atoms with Crippen LogP contribution in [0, 0.1) is 5.82 Å². The van der Waals surface area contributed by atoms with Crippen molar-refractivity contribution in [2.75, 3.05) is 32.1 Å². The van der Waals surface area contributed by atoms with Gasteiger partial charge in [-0.2, -0.15) is 11.8 Å². The van der Waals surface area contributed by atoms with Crippen LogP contribution in [0.5, 0.6) is 0 Å². The lowest BCUT2D eigenvalue weighted by molar-refractivity contribution is 0.259. The summed E-state index contributed by atoms with van der Waals surface area (Å²) in [6.07, 6.45) is 5.50. The highest BCUT2D eigenvalue weighted by Gasteiger charge is 2.15. The van der Waals surface area contributed by atoms with Gasteiger partial charge in [0.25, 0.3) is 0 Å². The summed E-state index contributed by atoms with van der Waals surface area (Å²) in [5, 5.41) is 3.51. The molecule has 0 amide bonds. The third kappa shape index (κ3) is 6.76. The van der Waals surface area contributed by atoms with Gasteiger partial charge >= 0.3 is 0 Å². The van der Waals surface area contributed by atoms with Crippen molar-refractivity contribution in [1.82, 2.24) is 15.2 Å². The second-order valence-electron chi connectivity index (χ2n) is 5.48. The molecule has 1 heterocycles. The van der Waals surface area contributed by atoms with E-state index >= 15 is 0 Å². The molecule has 1 N–H and O–H groups in total. The van der Waals surface area contributed by atoms with Crippen LogP contribution in [-0.2, 0) is 0 Å². The van der Waals surface area contributed by atoms with E-state index in [1.807, 2.05) is 11.8 Å². The fourth-order valence-corrected chi connectivity index (χ4v) is 2.92. The minimum absolute atomic E-state index is 0.189. The van der Waals surface area contributed by atoms with E-state index in [0.717, 1.165) is 37.4 Å². The Balaban J connectivity index is 2.59. The van der Waals surface area contributed by atoms with Crippen LogP contribution in [0.3, 0.4) is 0 Å². The molecule has 0 bridgehead atoms. The van der Waals surface area contributed by atoms with Crippen molar-refractivity contribution in [3.05, 3.63) is 29.8 Å². The average Bonchev–Trinajstić information content (AvgIpc) is 2.48. The maximum Gasteiger partial charge on any atom is 0.141 e. The van der Waals surface area contributed by atoms with E-state index in [1.165, 1.54) is 12.3 Å². The molecule has 0 aromatic carbocycles. The molecule has 2 atom stereocenters. The first-order chi connectivity index (χ1) is 10.1. The summed E-state index contributed by atoms with van der Waals surface area (Å²) in [7, 11) is 2.16. The highest BCUT2D eigenvalue weighted by atomic mass is 32.2. The van der Waals surface area contributed by atoms with Crippen LogP contribution in [0.15, 0.2) is 18.3 Å². The number of thioether (sulfide) groups is 1. The van der Waals surface area contributed by atoms with Crippen LogP contribution in [0.2, 0.25) is 0 Å². The number of nitrogens with zero attached hydrogens (tertiary/aromatic N) is 2. The number of nitrogens with one attached hydrogen (secondary N) is 1. The van der Waals surface area contributed by atoms with Crippen LogP contribution in [-0.4, -0.2) is 48.1 Å². The minimum atomic E-state index is -0.279. The lowest BCUT2D eigenvalue weighted by Gasteiger charge is -2.26. The molecule has 0 aliphatic heterocycles. The molecule has 1 aromatic rings. The molecular formula is C16H28FN3S. The molecule has 0 saturated carbocycles. The zero-order valence-corrected chi connectivity index (χ0v) is 14.4. The van der Waals surface area contributed by atoms with Crippen molar-refractivity contribution in [1.29, 1.82) is 0 Å². The standard InChI is InChI=1S/C16H28FN3S/c1-5-9-18-16(15-7-6-14(17)11-19-15)8-10-20(3)13(2)12-21-4/h6-7,11,13,16,18H,5,8-10,12H2,1-4H3.